The maximum absolute atomic E-state index is 3.33. The fourth-order valence-corrected chi connectivity index (χ4v) is 2.04. The summed E-state index contributed by atoms with van der Waals surface area (Å²) >= 11 is 0. The van der Waals surface area contributed by atoms with Crippen LogP contribution in [0.5, 0.6) is 0 Å². The molecule has 1 aliphatic rings. The number of allylic oxidation sites excluding steroid dienone is 1. The minimum atomic E-state index is 1.13. The summed E-state index contributed by atoms with van der Waals surface area (Å²) in [7, 11) is 0. The molecule has 3 rings (SSSR count). The van der Waals surface area contributed by atoms with Crippen molar-refractivity contribution in [2.45, 2.75) is 12.8 Å². The molecule has 1 radical (unpaired) electrons. The first-order valence-electron chi connectivity index (χ1n) is 5.03. The second kappa shape index (κ2) is 2.98. The third-order valence-corrected chi connectivity index (χ3v) is 2.79. The first kappa shape index (κ1) is 7.81. The Hall–Kier alpha value is -1.56. The van der Waals surface area contributed by atoms with Gasteiger partial charge < -0.3 is 0 Å². The average molecular weight is 179 g/mol. The van der Waals surface area contributed by atoms with Crippen LogP contribution in [0.25, 0.3) is 10.8 Å². The lowest BCUT2D eigenvalue weighted by atomic mass is 9.94. The van der Waals surface area contributed by atoms with Crippen LogP contribution in [0.1, 0.15) is 17.5 Å². The highest BCUT2D eigenvalue weighted by Gasteiger charge is 2.05. The zero-order chi connectivity index (χ0) is 9.38. The topological polar surface area (TPSA) is 0 Å². The molecule has 0 heterocycles. The molecule has 0 bridgehead atoms. The van der Waals surface area contributed by atoms with E-state index >= 15 is 0 Å². The molecule has 0 heteroatoms. The van der Waals surface area contributed by atoms with Gasteiger partial charge in [0.05, 0.1) is 0 Å². The molecule has 0 saturated carbocycles. The molecule has 0 aliphatic heterocycles. The molecule has 0 N–H and O–H groups in total. The summed E-state index contributed by atoms with van der Waals surface area (Å²) in [5.74, 6) is 0. The molecule has 0 unspecified atom stereocenters. The van der Waals surface area contributed by atoms with Crippen molar-refractivity contribution >= 4 is 10.8 Å². The van der Waals surface area contributed by atoms with Gasteiger partial charge in [0.2, 0.25) is 0 Å². The van der Waals surface area contributed by atoms with Crippen molar-refractivity contribution < 1.29 is 0 Å². The van der Waals surface area contributed by atoms with Crippen molar-refractivity contribution in [1.29, 1.82) is 0 Å². The van der Waals surface area contributed by atoms with E-state index in [-0.39, 0.29) is 0 Å². The van der Waals surface area contributed by atoms with E-state index in [4.69, 9.17) is 0 Å². The van der Waals surface area contributed by atoms with Gasteiger partial charge in [0.15, 0.2) is 0 Å². The van der Waals surface area contributed by atoms with Gasteiger partial charge in [-0.25, -0.2) is 0 Å². The Morgan fingerprint density at radius 1 is 1.00 bits per heavy atom. The third kappa shape index (κ3) is 1.15. The molecule has 0 fully saturated rings. The Balaban J connectivity index is 2.34. The number of hydrogen-bond donors (Lipinski definition) is 0. The number of benzene rings is 2. The molecule has 0 saturated heterocycles. The van der Waals surface area contributed by atoms with Crippen molar-refractivity contribution in [2.75, 3.05) is 0 Å². The lowest BCUT2D eigenvalue weighted by molar-refractivity contribution is 0.968. The molecule has 1 aliphatic carbocycles. The van der Waals surface area contributed by atoms with E-state index in [9.17, 15) is 0 Å². The monoisotopic (exact) mass is 179 g/mol. The van der Waals surface area contributed by atoms with E-state index in [0.717, 1.165) is 12.8 Å². The van der Waals surface area contributed by atoms with Crippen molar-refractivity contribution in [3.8, 4) is 0 Å². The molecular weight excluding hydrogens is 168 g/mol. The number of fused-ring (bicyclic) bond motifs is 2. The summed E-state index contributed by atoms with van der Waals surface area (Å²) in [5.41, 5.74) is 2.71. The predicted octanol–water partition coefficient (Wildman–Crippen LogP) is 3.49. The van der Waals surface area contributed by atoms with Crippen LogP contribution in [-0.2, 0) is 6.42 Å². The lowest BCUT2D eigenvalue weighted by Gasteiger charge is -2.10. The van der Waals surface area contributed by atoms with Gasteiger partial charge in [-0.05, 0) is 46.9 Å². The van der Waals surface area contributed by atoms with Gasteiger partial charge >= 0.3 is 0 Å². The molecule has 2 aromatic rings. The van der Waals surface area contributed by atoms with Crippen LogP contribution in [0.4, 0.5) is 0 Å². The van der Waals surface area contributed by atoms with Gasteiger partial charge in [0.25, 0.3) is 0 Å². The fraction of sp³-hybridized carbons (Fsp3) is 0.143. The van der Waals surface area contributed by atoms with Crippen LogP contribution in [0, 0.1) is 6.08 Å². The Kier molecular flexibility index (Phi) is 1.66. The van der Waals surface area contributed by atoms with E-state index in [1.54, 1.807) is 0 Å². The summed E-state index contributed by atoms with van der Waals surface area (Å²) < 4.78 is 0. The zero-order valence-electron chi connectivity index (χ0n) is 7.96. The van der Waals surface area contributed by atoms with E-state index in [2.05, 4.69) is 48.6 Å². The van der Waals surface area contributed by atoms with Crippen molar-refractivity contribution in [1.82, 2.24) is 0 Å². The van der Waals surface area contributed by atoms with E-state index < -0.39 is 0 Å². The van der Waals surface area contributed by atoms with Crippen LogP contribution in [-0.4, -0.2) is 0 Å². The molecule has 0 spiro atoms. The molecule has 0 atom stereocenters. The first-order valence-corrected chi connectivity index (χ1v) is 5.03. The first-order chi connectivity index (χ1) is 6.93. The fourth-order valence-electron chi connectivity index (χ4n) is 2.04. The number of hydrogen-bond acceptors (Lipinski definition) is 0. The predicted molar refractivity (Wildman–Crippen MR) is 59.2 cm³/mol. The van der Waals surface area contributed by atoms with Crippen LogP contribution in [0.2, 0.25) is 0 Å². The van der Waals surface area contributed by atoms with Gasteiger partial charge in [-0.2, -0.15) is 0 Å². The van der Waals surface area contributed by atoms with Crippen LogP contribution in [0.3, 0.4) is 0 Å². The largest absolute Gasteiger partial charge is 0.0757 e. The van der Waals surface area contributed by atoms with Gasteiger partial charge in [-0.1, -0.05) is 36.4 Å². The Labute approximate surface area is 83.9 Å². The average Bonchev–Trinajstić information content (AvgIpc) is 2.26. The maximum atomic E-state index is 3.33. The smallest absolute Gasteiger partial charge is 0.0143 e. The highest BCUT2D eigenvalue weighted by molar-refractivity contribution is 5.84. The zero-order valence-corrected chi connectivity index (χ0v) is 7.96. The molecule has 0 nitrogen and oxygen atoms in total. The Morgan fingerprint density at radius 2 is 1.79 bits per heavy atom. The maximum Gasteiger partial charge on any atom is -0.0143 e. The minimum absolute atomic E-state index is 1.13. The molecule has 0 amide bonds. The van der Waals surface area contributed by atoms with Crippen LogP contribution < -0.4 is 0 Å². The summed E-state index contributed by atoms with van der Waals surface area (Å²) in [6.45, 7) is 0. The Bertz CT molecular complexity index is 506. The van der Waals surface area contributed by atoms with Crippen molar-refractivity contribution in [3.05, 3.63) is 59.7 Å². The van der Waals surface area contributed by atoms with Gasteiger partial charge in [0.1, 0.15) is 0 Å². The summed E-state index contributed by atoms with van der Waals surface area (Å²) in [4.78, 5) is 0. The molecular formula is C14H11. The molecule has 14 heavy (non-hydrogen) atoms. The molecule has 67 valence electrons. The Morgan fingerprint density at radius 3 is 2.64 bits per heavy atom. The van der Waals surface area contributed by atoms with Crippen molar-refractivity contribution in [2.24, 2.45) is 0 Å². The molecule has 2 aromatic carbocycles. The molecule has 0 aromatic heterocycles. The van der Waals surface area contributed by atoms with Gasteiger partial charge in [0, 0.05) is 0 Å². The van der Waals surface area contributed by atoms with E-state index in [1.807, 2.05) is 0 Å². The number of rotatable bonds is 0. The lowest BCUT2D eigenvalue weighted by Crippen LogP contribution is -1.94. The minimum Gasteiger partial charge on any atom is -0.0757 e. The highest BCUT2D eigenvalue weighted by atomic mass is 14.1. The third-order valence-electron chi connectivity index (χ3n) is 2.79. The second-order valence-electron chi connectivity index (χ2n) is 3.74. The van der Waals surface area contributed by atoms with Crippen molar-refractivity contribution in [3.63, 3.8) is 0 Å². The normalized spacial score (nSPS) is 14.3. The van der Waals surface area contributed by atoms with Crippen LogP contribution in [0.15, 0.2) is 42.5 Å². The van der Waals surface area contributed by atoms with Gasteiger partial charge in [-0.3, -0.25) is 0 Å². The summed E-state index contributed by atoms with van der Waals surface area (Å²) in [6.07, 6.45) is 7.76. The standard InChI is InChI=1S/C14H11/c1-2-6-12-10-14-8-4-3-7-13(14)9-11(12)5-1/h1-3,5-6,9-10H,4,8H2. The van der Waals surface area contributed by atoms with Gasteiger partial charge in [-0.15, -0.1) is 0 Å². The summed E-state index contributed by atoms with van der Waals surface area (Å²) in [6, 6.07) is 13.0. The second-order valence-corrected chi connectivity index (χ2v) is 3.74. The summed E-state index contributed by atoms with van der Waals surface area (Å²) in [5, 5.41) is 2.66. The number of aryl methyl sites for hydroxylation is 1. The van der Waals surface area contributed by atoms with E-state index in [0.29, 0.717) is 0 Å². The van der Waals surface area contributed by atoms with Crippen LogP contribution >= 0.6 is 0 Å². The SMILES string of the molecule is [C]1=CCCc2cc3ccccc3cc21. The quantitative estimate of drug-likeness (QED) is 0.580. The van der Waals surface area contributed by atoms with E-state index in [1.165, 1.54) is 21.9 Å². The highest BCUT2D eigenvalue weighted by Crippen LogP contribution is 2.23.